The van der Waals surface area contributed by atoms with Crippen LogP contribution in [0.25, 0.3) is 0 Å². The van der Waals surface area contributed by atoms with Crippen molar-refractivity contribution >= 4 is 33.9 Å². The molecule has 1 aliphatic heterocycles. The van der Waals surface area contributed by atoms with Crippen LogP contribution < -0.4 is 9.80 Å². The van der Waals surface area contributed by atoms with Crippen molar-refractivity contribution < 1.29 is 13.0 Å². The minimum atomic E-state index is -4.14. The first-order chi connectivity index (χ1) is 10.4. The standard InChI is InChI=1S/C16H26N2O3S.ClH/c1-3-4-5-6-7-8-11-18-13-17(2)16-12-14(22(19,20)21)9-10-15(16)18;/h9-10,12H,3-8,11,13H2,1-2H3,(H,19,20,21);1H. The first kappa shape index (κ1) is 20.1. The van der Waals surface area contributed by atoms with Gasteiger partial charge in [0.1, 0.15) is 0 Å². The molecule has 0 saturated carbocycles. The Morgan fingerprint density at radius 1 is 1.09 bits per heavy atom. The van der Waals surface area contributed by atoms with E-state index in [9.17, 15) is 8.42 Å². The molecule has 1 N–H and O–H groups in total. The maximum atomic E-state index is 11.2. The van der Waals surface area contributed by atoms with Crippen LogP contribution in [0.3, 0.4) is 0 Å². The van der Waals surface area contributed by atoms with E-state index < -0.39 is 10.1 Å². The molecule has 0 spiro atoms. The van der Waals surface area contributed by atoms with E-state index in [-0.39, 0.29) is 17.3 Å². The summed E-state index contributed by atoms with van der Waals surface area (Å²) in [5, 5.41) is 0. The largest absolute Gasteiger partial charge is 0.355 e. The van der Waals surface area contributed by atoms with Crippen LogP contribution in [0.2, 0.25) is 0 Å². The molecule has 132 valence electrons. The fourth-order valence-corrected chi connectivity index (χ4v) is 3.42. The Kier molecular flexibility index (Phi) is 7.64. The van der Waals surface area contributed by atoms with E-state index in [4.69, 9.17) is 4.55 Å². The molecule has 0 atom stereocenters. The zero-order valence-electron chi connectivity index (χ0n) is 13.9. The Bertz CT molecular complexity index is 607. The number of nitrogens with zero attached hydrogens (tertiary/aromatic N) is 2. The van der Waals surface area contributed by atoms with Crippen molar-refractivity contribution in [3.63, 3.8) is 0 Å². The predicted octanol–water partition coefficient (Wildman–Crippen LogP) is 3.93. The Labute approximate surface area is 145 Å². The second-order valence-corrected chi connectivity index (χ2v) is 7.42. The maximum absolute atomic E-state index is 11.2. The van der Waals surface area contributed by atoms with Gasteiger partial charge in [-0.05, 0) is 24.6 Å². The average molecular weight is 363 g/mol. The van der Waals surface area contributed by atoms with Crippen LogP contribution in [0.15, 0.2) is 23.1 Å². The van der Waals surface area contributed by atoms with E-state index in [0.29, 0.717) is 0 Å². The van der Waals surface area contributed by atoms with E-state index in [2.05, 4.69) is 11.8 Å². The van der Waals surface area contributed by atoms with Crippen LogP contribution in [0.1, 0.15) is 45.4 Å². The Morgan fingerprint density at radius 3 is 2.39 bits per heavy atom. The van der Waals surface area contributed by atoms with Crippen LogP contribution in [0.4, 0.5) is 11.4 Å². The minimum Gasteiger partial charge on any atom is -0.355 e. The summed E-state index contributed by atoms with van der Waals surface area (Å²) in [6.07, 6.45) is 7.56. The first-order valence-electron chi connectivity index (χ1n) is 8.01. The van der Waals surface area contributed by atoms with Gasteiger partial charge in [0.2, 0.25) is 0 Å². The molecule has 1 aliphatic rings. The number of halogens is 1. The summed E-state index contributed by atoms with van der Waals surface area (Å²) in [7, 11) is -2.20. The van der Waals surface area contributed by atoms with Gasteiger partial charge >= 0.3 is 0 Å². The highest BCUT2D eigenvalue weighted by atomic mass is 35.5. The molecular weight excluding hydrogens is 336 g/mol. The Morgan fingerprint density at radius 2 is 1.74 bits per heavy atom. The normalized spacial score (nSPS) is 13.9. The molecule has 5 nitrogen and oxygen atoms in total. The van der Waals surface area contributed by atoms with Crippen LogP contribution >= 0.6 is 12.4 Å². The lowest BCUT2D eigenvalue weighted by Gasteiger charge is -2.19. The lowest BCUT2D eigenvalue weighted by atomic mass is 10.1. The van der Waals surface area contributed by atoms with Crippen LogP contribution in [0, 0.1) is 0 Å². The summed E-state index contributed by atoms with van der Waals surface area (Å²) in [6, 6.07) is 4.81. The van der Waals surface area contributed by atoms with E-state index in [1.807, 2.05) is 11.9 Å². The molecule has 0 radical (unpaired) electrons. The summed E-state index contributed by atoms with van der Waals surface area (Å²) in [5.41, 5.74) is 1.91. The van der Waals surface area contributed by atoms with Gasteiger partial charge in [0.05, 0.1) is 22.9 Å². The number of rotatable bonds is 8. The zero-order chi connectivity index (χ0) is 16.2. The summed E-state index contributed by atoms with van der Waals surface area (Å²) in [5.74, 6) is 0. The van der Waals surface area contributed by atoms with Crippen molar-refractivity contribution in [3.05, 3.63) is 18.2 Å². The van der Waals surface area contributed by atoms with E-state index in [1.165, 1.54) is 38.2 Å². The molecule has 1 heterocycles. The van der Waals surface area contributed by atoms with Gasteiger partial charge in [-0.3, -0.25) is 4.55 Å². The topological polar surface area (TPSA) is 60.9 Å². The van der Waals surface area contributed by atoms with Gasteiger partial charge in [0.15, 0.2) is 0 Å². The van der Waals surface area contributed by atoms with Gasteiger partial charge in [-0.1, -0.05) is 39.0 Å². The molecule has 2 rings (SSSR count). The van der Waals surface area contributed by atoms with Crippen molar-refractivity contribution in [2.45, 2.75) is 50.3 Å². The average Bonchev–Trinajstić information content (AvgIpc) is 2.78. The highest BCUT2D eigenvalue weighted by Gasteiger charge is 2.24. The van der Waals surface area contributed by atoms with E-state index in [1.54, 1.807) is 12.1 Å². The predicted molar refractivity (Wildman–Crippen MR) is 97.5 cm³/mol. The quantitative estimate of drug-likeness (QED) is 0.560. The van der Waals surface area contributed by atoms with Gasteiger partial charge in [-0.15, -0.1) is 12.4 Å². The third kappa shape index (κ3) is 5.26. The van der Waals surface area contributed by atoms with Crippen molar-refractivity contribution in [1.29, 1.82) is 0 Å². The minimum absolute atomic E-state index is 0. The third-order valence-electron chi connectivity index (χ3n) is 4.16. The highest BCUT2D eigenvalue weighted by Crippen LogP contribution is 2.36. The summed E-state index contributed by atoms with van der Waals surface area (Å²) < 4.78 is 31.6. The van der Waals surface area contributed by atoms with Gasteiger partial charge in [-0.2, -0.15) is 8.42 Å². The molecule has 0 aliphatic carbocycles. The summed E-state index contributed by atoms with van der Waals surface area (Å²) >= 11 is 0. The van der Waals surface area contributed by atoms with Crippen molar-refractivity contribution in [2.75, 3.05) is 30.1 Å². The molecule has 0 aromatic heterocycles. The monoisotopic (exact) mass is 362 g/mol. The van der Waals surface area contributed by atoms with Gasteiger partial charge in [0, 0.05) is 13.6 Å². The smallest absolute Gasteiger partial charge is 0.294 e. The van der Waals surface area contributed by atoms with Crippen LogP contribution in [-0.2, 0) is 10.1 Å². The molecule has 0 saturated heterocycles. The van der Waals surface area contributed by atoms with Gasteiger partial charge in [-0.25, -0.2) is 0 Å². The van der Waals surface area contributed by atoms with Crippen molar-refractivity contribution in [2.24, 2.45) is 0 Å². The van der Waals surface area contributed by atoms with E-state index >= 15 is 0 Å². The molecule has 1 aromatic rings. The molecule has 1 aromatic carbocycles. The summed E-state index contributed by atoms with van der Waals surface area (Å²) in [6.45, 7) is 3.96. The molecule has 23 heavy (non-hydrogen) atoms. The number of anilines is 2. The molecule has 0 amide bonds. The van der Waals surface area contributed by atoms with Gasteiger partial charge in [0.25, 0.3) is 10.1 Å². The lowest BCUT2D eigenvalue weighted by molar-refractivity contribution is 0.483. The lowest BCUT2D eigenvalue weighted by Crippen LogP contribution is -2.28. The second-order valence-electron chi connectivity index (χ2n) is 6.00. The maximum Gasteiger partial charge on any atom is 0.294 e. The zero-order valence-corrected chi connectivity index (χ0v) is 15.5. The van der Waals surface area contributed by atoms with Crippen LogP contribution in [0.5, 0.6) is 0 Å². The Hall–Kier alpha value is -0.980. The molecule has 7 heteroatoms. The highest BCUT2D eigenvalue weighted by molar-refractivity contribution is 7.85. The SMILES string of the molecule is CCCCCCCCN1CN(C)c2cc(S(=O)(=O)O)ccc21.Cl. The fourth-order valence-electron chi connectivity index (χ4n) is 2.92. The van der Waals surface area contributed by atoms with Crippen molar-refractivity contribution in [1.82, 2.24) is 0 Å². The third-order valence-corrected chi connectivity index (χ3v) is 5.01. The number of unbranched alkanes of at least 4 members (excludes halogenated alkanes) is 5. The molecule has 0 fully saturated rings. The fraction of sp³-hybridized carbons (Fsp3) is 0.625. The van der Waals surface area contributed by atoms with Crippen molar-refractivity contribution in [3.8, 4) is 0 Å². The van der Waals surface area contributed by atoms with Crippen LogP contribution in [-0.4, -0.2) is 33.2 Å². The molecular formula is C16H27ClN2O3S. The molecule has 0 bridgehead atoms. The number of benzene rings is 1. The Balaban J connectivity index is 0.00000264. The summed E-state index contributed by atoms with van der Waals surface area (Å²) in [4.78, 5) is 4.24. The first-order valence-corrected chi connectivity index (χ1v) is 9.45. The van der Waals surface area contributed by atoms with E-state index in [0.717, 1.165) is 31.0 Å². The molecule has 0 unspecified atom stereocenters. The number of hydrogen-bond donors (Lipinski definition) is 1. The second kappa shape index (κ2) is 8.76. The number of fused-ring (bicyclic) bond motifs is 1. The number of hydrogen-bond acceptors (Lipinski definition) is 4. The van der Waals surface area contributed by atoms with Gasteiger partial charge < -0.3 is 9.80 Å².